The van der Waals surface area contributed by atoms with E-state index in [0.717, 1.165) is 65.4 Å². The number of rotatable bonds is 8. The van der Waals surface area contributed by atoms with Crippen LogP contribution in [0.15, 0.2) is 30.3 Å². The molecule has 2 fully saturated rings. The minimum atomic E-state index is -0.519. The Bertz CT molecular complexity index is 709. The van der Waals surface area contributed by atoms with E-state index in [1.807, 2.05) is 29.7 Å². The van der Waals surface area contributed by atoms with E-state index >= 15 is 0 Å². The fraction of sp³-hybridized carbons (Fsp3) is 0.667. The Morgan fingerprint density at radius 3 is 2.06 bits per heavy atom. The lowest BCUT2D eigenvalue weighted by molar-refractivity contribution is -0.145. The number of carbonyl (C=O) groups is 2. The molecule has 1 aromatic rings. The molecule has 0 N–H and O–H groups in total. The van der Waals surface area contributed by atoms with Crippen LogP contribution in [0.25, 0.3) is 0 Å². The van der Waals surface area contributed by atoms with Crippen molar-refractivity contribution < 1.29 is 14.3 Å². The van der Waals surface area contributed by atoms with Crippen LogP contribution >= 0.6 is 0 Å². The van der Waals surface area contributed by atoms with Crippen molar-refractivity contribution in [2.45, 2.75) is 27.3 Å². The number of nitrogens with zero attached hydrogens (tertiary/aromatic N) is 4. The van der Waals surface area contributed by atoms with Gasteiger partial charge in [-0.05, 0) is 19.4 Å². The first-order valence-corrected chi connectivity index (χ1v) is 11.5. The van der Waals surface area contributed by atoms with E-state index in [-0.39, 0.29) is 11.8 Å². The molecule has 0 saturated carbocycles. The van der Waals surface area contributed by atoms with E-state index in [0.29, 0.717) is 13.2 Å². The van der Waals surface area contributed by atoms with E-state index in [1.54, 1.807) is 6.92 Å². The van der Waals surface area contributed by atoms with Gasteiger partial charge in [-0.15, -0.1) is 0 Å². The van der Waals surface area contributed by atoms with Gasteiger partial charge in [0, 0.05) is 72.4 Å². The lowest BCUT2D eigenvalue weighted by atomic mass is 9.92. The van der Waals surface area contributed by atoms with Crippen molar-refractivity contribution in [1.82, 2.24) is 19.6 Å². The zero-order chi connectivity index (χ0) is 22.3. The molecule has 2 amide bonds. The topological polar surface area (TPSA) is 56.3 Å². The zero-order valence-electron chi connectivity index (χ0n) is 19.4. The van der Waals surface area contributed by atoms with E-state index in [2.05, 4.69) is 34.1 Å². The molecule has 0 atom stereocenters. The van der Waals surface area contributed by atoms with Crippen molar-refractivity contribution in [1.29, 1.82) is 0 Å². The van der Waals surface area contributed by atoms with Crippen LogP contribution < -0.4 is 0 Å². The molecule has 2 saturated heterocycles. The molecule has 0 aromatic heterocycles. The Morgan fingerprint density at radius 1 is 0.871 bits per heavy atom. The third-order valence-corrected chi connectivity index (χ3v) is 6.32. The molecule has 0 aliphatic carbocycles. The number of amides is 2. The largest absolute Gasteiger partial charge is 0.379 e. The van der Waals surface area contributed by atoms with Gasteiger partial charge in [-0.1, -0.05) is 30.3 Å². The van der Waals surface area contributed by atoms with Crippen molar-refractivity contribution in [2.24, 2.45) is 5.41 Å². The van der Waals surface area contributed by atoms with Gasteiger partial charge in [-0.25, -0.2) is 0 Å². The third kappa shape index (κ3) is 7.02. The van der Waals surface area contributed by atoms with Gasteiger partial charge in [-0.3, -0.25) is 19.4 Å². The molecule has 172 valence electrons. The number of hydrogen-bond acceptors (Lipinski definition) is 5. The van der Waals surface area contributed by atoms with Crippen molar-refractivity contribution >= 4 is 11.8 Å². The van der Waals surface area contributed by atoms with E-state index in [4.69, 9.17) is 4.74 Å². The maximum Gasteiger partial charge on any atom is 0.230 e. The molecule has 7 heteroatoms. The number of hydrogen-bond donors (Lipinski definition) is 0. The fourth-order valence-electron chi connectivity index (χ4n) is 4.25. The highest BCUT2D eigenvalue weighted by molar-refractivity contribution is 5.82. The highest BCUT2D eigenvalue weighted by atomic mass is 16.5. The summed E-state index contributed by atoms with van der Waals surface area (Å²) >= 11 is 0. The Labute approximate surface area is 186 Å². The van der Waals surface area contributed by atoms with Crippen LogP contribution in [-0.2, 0) is 20.9 Å². The molecule has 2 aliphatic rings. The van der Waals surface area contributed by atoms with Gasteiger partial charge in [0.05, 0.1) is 18.6 Å². The predicted molar refractivity (Wildman–Crippen MR) is 122 cm³/mol. The Kier molecular flexibility index (Phi) is 8.46. The van der Waals surface area contributed by atoms with Gasteiger partial charge in [0.1, 0.15) is 0 Å². The first-order chi connectivity index (χ1) is 14.8. The summed E-state index contributed by atoms with van der Waals surface area (Å²) in [5, 5.41) is 0. The summed E-state index contributed by atoms with van der Waals surface area (Å²) in [6, 6.07) is 10.5. The minimum absolute atomic E-state index is 0.150. The molecule has 2 aliphatic heterocycles. The third-order valence-electron chi connectivity index (χ3n) is 6.32. The molecule has 0 unspecified atom stereocenters. The van der Waals surface area contributed by atoms with E-state index in [9.17, 15) is 9.59 Å². The van der Waals surface area contributed by atoms with Crippen LogP contribution in [0, 0.1) is 5.41 Å². The molecule has 7 nitrogen and oxygen atoms in total. The summed E-state index contributed by atoms with van der Waals surface area (Å²) in [6.45, 7) is 15.1. The minimum Gasteiger partial charge on any atom is -0.379 e. The molecule has 0 radical (unpaired) electrons. The molecular formula is C24H38N4O3. The highest BCUT2D eigenvalue weighted by Crippen LogP contribution is 2.21. The van der Waals surface area contributed by atoms with Gasteiger partial charge in [0.25, 0.3) is 0 Å². The predicted octanol–water partition coefficient (Wildman–Crippen LogP) is 1.54. The normalized spacial score (nSPS) is 18.9. The summed E-state index contributed by atoms with van der Waals surface area (Å²) in [6.07, 6.45) is 0. The van der Waals surface area contributed by atoms with Crippen LogP contribution in [0.2, 0.25) is 0 Å². The Morgan fingerprint density at radius 2 is 1.45 bits per heavy atom. The zero-order valence-corrected chi connectivity index (χ0v) is 19.4. The summed E-state index contributed by atoms with van der Waals surface area (Å²) < 4.78 is 5.91. The maximum absolute atomic E-state index is 13.1. The molecule has 1 aromatic carbocycles. The smallest absolute Gasteiger partial charge is 0.230 e. The molecule has 0 spiro atoms. The standard InChI is InChI=1S/C24H38N4O3/c1-21(29)27-13-9-25(10-14-27)17-18-31-20-24(2,3)23(30)28-15-11-26(12-16-28)19-22-7-5-4-6-8-22/h4-8H,9-20H2,1-3H3. The summed E-state index contributed by atoms with van der Waals surface area (Å²) in [5.74, 6) is 0.332. The van der Waals surface area contributed by atoms with Crippen LogP contribution in [0.4, 0.5) is 0 Å². The summed E-state index contributed by atoms with van der Waals surface area (Å²) in [4.78, 5) is 33.1. The number of carbonyl (C=O) groups excluding carboxylic acids is 2. The molecule has 0 bridgehead atoms. The van der Waals surface area contributed by atoms with Gasteiger partial charge in [0.2, 0.25) is 11.8 Å². The van der Waals surface area contributed by atoms with Crippen molar-refractivity contribution in [3.05, 3.63) is 35.9 Å². The maximum atomic E-state index is 13.1. The van der Waals surface area contributed by atoms with Gasteiger partial charge in [-0.2, -0.15) is 0 Å². The molecule has 31 heavy (non-hydrogen) atoms. The van der Waals surface area contributed by atoms with Gasteiger partial charge < -0.3 is 14.5 Å². The lowest BCUT2D eigenvalue weighted by Crippen LogP contribution is -2.52. The van der Waals surface area contributed by atoms with Crippen molar-refractivity contribution in [3.63, 3.8) is 0 Å². The number of piperazine rings is 2. The van der Waals surface area contributed by atoms with Crippen molar-refractivity contribution in [3.8, 4) is 0 Å². The number of ether oxygens (including phenoxy) is 1. The quantitative estimate of drug-likeness (QED) is 0.586. The molecular weight excluding hydrogens is 392 g/mol. The Balaban J connectivity index is 1.34. The second-order valence-electron chi connectivity index (χ2n) is 9.34. The summed E-state index contributed by atoms with van der Waals surface area (Å²) in [5.41, 5.74) is 0.799. The SMILES string of the molecule is CC(=O)N1CCN(CCOCC(C)(C)C(=O)N2CCN(Cc3ccccc3)CC2)CC1. The lowest BCUT2D eigenvalue weighted by Gasteiger charge is -2.38. The van der Waals surface area contributed by atoms with Gasteiger partial charge in [0.15, 0.2) is 0 Å². The first-order valence-electron chi connectivity index (χ1n) is 11.5. The van der Waals surface area contributed by atoms with Crippen LogP contribution in [0.5, 0.6) is 0 Å². The second kappa shape index (κ2) is 11.1. The Hall–Kier alpha value is -1.96. The van der Waals surface area contributed by atoms with Crippen LogP contribution in [-0.4, -0.2) is 104 Å². The number of benzene rings is 1. The average Bonchev–Trinajstić information content (AvgIpc) is 2.78. The fourth-order valence-corrected chi connectivity index (χ4v) is 4.25. The molecule has 3 rings (SSSR count). The van der Waals surface area contributed by atoms with Gasteiger partial charge >= 0.3 is 0 Å². The van der Waals surface area contributed by atoms with E-state index < -0.39 is 5.41 Å². The summed E-state index contributed by atoms with van der Waals surface area (Å²) in [7, 11) is 0. The second-order valence-corrected chi connectivity index (χ2v) is 9.34. The van der Waals surface area contributed by atoms with Crippen LogP contribution in [0.1, 0.15) is 26.3 Å². The van der Waals surface area contributed by atoms with E-state index in [1.165, 1.54) is 5.56 Å². The van der Waals surface area contributed by atoms with Crippen LogP contribution in [0.3, 0.4) is 0 Å². The first kappa shape index (κ1) is 23.7. The van der Waals surface area contributed by atoms with Crippen molar-refractivity contribution in [2.75, 3.05) is 72.1 Å². The monoisotopic (exact) mass is 430 g/mol. The molecule has 2 heterocycles. The highest BCUT2D eigenvalue weighted by Gasteiger charge is 2.34. The average molecular weight is 431 g/mol.